The maximum atomic E-state index is 13.8. The molecule has 0 aliphatic rings. The normalized spacial score (nSPS) is 12.4. The number of nitrogens with one attached hydrogen (secondary N) is 1. The molecule has 0 heterocycles. The van der Waals surface area contributed by atoms with Crippen LogP contribution in [0.5, 0.6) is 0 Å². The van der Waals surface area contributed by atoms with Gasteiger partial charge in [-0.15, -0.1) is 0 Å². The van der Waals surface area contributed by atoms with Gasteiger partial charge in [0.2, 0.25) is 0 Å². The van der Waals surface area contributed by atoms with Gasteiger partial charge in [0.05, 0.1) is 7.11 Å². The Morgan fingerprint density at radius 3 is 2.48 bits per heavy atom. The van der Waals surface area contributed by atoms with Crippen LogP contribution in [0.2, 0.25) is 0 Å². The van der Waals surface area contributed by atoms with E-state index in [1.165, 1.54) is 13.2 Å². The molecule has 1 aromatic carbocycles. The number of amides is 1. The van der Waals surface area contributed by atoms with Crippen molar-refractivity contribution in [2.24, 2.45) is 0 Å². The zero-order valence-electron chi connectivity index (χ0n) is 14.0. The summed E-state index contributed by atoms with van der Waals surface area (Å²) < 4.78 is 23.6. The third-order valence-corrected chi connectivity index (χ3v) is 3.07. The van der Waals surface area contributed by atoms with E-state index in [9.17, 15) is 14.0 Å². The van der Waals surface area contributed by atoms with Gasteiger partial charge in [0, 0.05) is 12.5 Å². The SMILES string of the molecule is COC(=O)CC[C@H](Cc1ccccc1F)NC(=O)OC(C)(C)C. The Morgan fingerprint density at radius 2 is 1.91 bits per heavy atom. The first-order valence-corrected chi connectivity index (χ1v) is 7.51. The van der Waals surface area contributed by atoms with E-state index in [0.717, 1.165) is 0 Å². The standard InChI is InChI=1S/C17H24FNO4/c1-17(2,3)23-16(21)19-13(9-10-15(20)22-4)11-12-7-5-6-8-14(12)18/h5-8,13H,9-11H2,1-4H3,(H,19,21)/t13-/m1/s1. The van der Waals surface area contributed by atoms with Crippen molar-refractivity contribution in [3.63, 3.8) is 0 Å². The number of benzene rings is 1. The third kappa shape index (κ3) is 7.63. The molecule has 1 aromatic rings. The highest BCUT2D eigenvalue weighted by atomic mass is 19.1. The number of alkyl carbamates (subject to hydrolysis) is 1. The Balaban J connectivity index is 2.74. The lowest BCUT2D eigenvalue weighted by Crippen LogP contribution is -2.40. The summed E-state index contributed by atoms with van der Waals surface area (Å²) in [6.07, 6.45) is 0.137. The van der Waals surface area contributed by atoms with Gasteiger partial charge in [-0.25, -0.2) is 9.18 Å². The van der Waals surface area contributed by atoms with Gasteiger partial charge in [0.15, 0.2) is 0 Å². The van der Waals surface area contributed by atoms with Crippen molar-refractivity contribution in [3.8, 4) is 0 Å². The van der Waals surface area contributed by atoms with Crippen molar-refractivity contribution >= 4 is 12.1 Å². The fraction of sp³-hybridized carbons (Fsp3) is 0.529. The van der Waals surface area contributed by atoms with Crippen molar-refractivity contribution in [2.75, 3.05) is 7.11 Å². The summed E-state index contributed by atoms with van der Waals surface area (Å²) in [6, 6.07) is 5.91. The van der Waals surface area contributed by atoms with Gasteiger partial charge in [0.1, 0.15) is 11.4 Å². The summed E-state index contributed by atoms with van der Waals surface area (Å²) in [5.74, 6) is -0.726. The lowest BCUT2D eigenvalue weighted by molar-refractivity contribution is -0.140. The maximum absolute atomic E-state index is 13.8. The van der Waals surface area contributed by atoms with E-state index in [1.807, 2.05) is 0 Å². The summed E-state index contributed by atoms with van der Waals surface area (Å²) in [5.41, 5.74) is -0.159. The first-order valence-electron chi connectivity index (χ1n) is 7.51. The van der Waals surface area contributed by atoms with E-state index in [4.69, 9.17) is 4.74 Å². The highest BCUT2D eigenvalue weighted by Crippen LogP contribution is 2.14. The summed E-state index contributed by atoms with van der Waals surface area (Å²) >= 11 is 0. The average molecular weight is 325 g/mol. The second kappa shape index (κ2) is 8.50. The molecule has 0 unspecified atom stereocenters. The Hall–Kier alpha value is -2.11. The van der Waals surface area contributed by atoms with Gasteiger partial charge in [-0.05, 0) is 45.2 Å². The van der Waals surface area contributed by atoms with E-state index >= 15 is 0 Å². The van der Waals surface area contributed by atoms with Crippen molar-refractivity contribution in [3.05, 3.63) is 35.6 Å². The molecule has 0 saturated heterocycles. The van der Waals surface area contributed by atoms with Crippen molar-refractivity contribution < 1.29 is 23.5 Å². The molecule has 0 saturated carbocycles. The fourth-order valence-corrected chi connectivity index (χ4v) is 2.02. The van der Waals surface area contributed by atoms with E-state index < -0.39 is 17.7 Å². The van der Waals surface area contributed by atoms with Crippen LogP contribution < -0.4 is 5.32 Å². The molecule has 1 atom stereocenters. The summed E-state index contributed by atoms with van der Waals surface area (Å²) in [7, 11) is 1.30. The lowest BCUT2D eigenvalue weighted by atomic mass is 10.0. The van der Waals surface area contributed by atoms with Crippen LogP contribution in [0.3, 0.4) is 0 Å². The number of rotatable bonds is 6. The molecule has 0 aliphatic heterocycles. The van der Waals surface area contributed by atoms with Gasteiger partial charge < -0.3 is 14.8 Å². The maximum Gasteiger partial charge on any atom is 0.407 e. The molecule has 1 rings (SSSR count). The van der Waals surface area contributed by atoms with Crippen LogP contribution in [0, 0.1) is 5.82 Å². The second-order valence-corrected chi connectivity index (χ2v) is 6.25. The summed E-state index contributed by atoms with van der Waals surface area (Å²) in [4.78, 5) is 23.2. The predicted octanol–water partition coefficient (Wildman–Crippen LogP) is 3.21. The number of hydrogen-bond acceptors (Lipinski definition) is 4. The highest BCUT2D eigenvalue weighted by Gasteiger charge is 2.21. The van der Waals surface area contributed by atoms with Gasteiger partial charge >= 0.3 is 12.1 Å². The monoisotopic (exact) mass is 325 g/mol. The first kappa shape index (κ1) is 18.9. The van der Waals surface area contributed by atoms with Gasteiger partial charge in [-0.2, -0.15) is 0 Å². The molecule has 6 heteroatoms. The predicted molar refractivity (Wildman–Crippen MR) is 84.5 cm³/mol. The number of halogens is 1. The van der Waals surface area contributed by atoms with Crippen LogP contribution >= 0.6 is 0 Å². The van der Waals surface area contributed by atoms with Gasteiger partial charge in [0.25, 0.3) is 0 Å². The topological polar surface area (TPSA) is 64.6 Å². The Labute approximate surface area is 136 Å². The molecular weight excluding hydrogens is 301 g/mol. The van der Waals surface area contributed by atoms with Gasteiger partial charge in [-0.1, -0.05) is 18.2 Å². The van der Waals surface area contributed by atoms with E-state index in [0.29, 0.717) is 12.0 Å². The minimum Gasteiger partial charge on any atom is -0.469 e. The second-order valence-electron chi connectivity index (χ2n) is 6.25. The minimum absolute atomic E-state index is 0.130. The van der Waals surface area contributed by atoms with Crippen LogP contribution in [-0.4, -0.2) is 30.8 Å². The molecule has 0 aromatic heterocycles. The zero-order chi connectivity index (χ0) is 17.5. The molecule has 1 N–H and O–H groups in total. The van der Waals surface area contributed by atoms with Crippen LogP contribution in [0.25, 0.3) is 0 Å². The molecule has 0 radical (unpaired) electrons. The fourth-order valence-electron chi connectivity index (χ4n) is 2.02. The first-order chi connectivity index (χ1) is 10.7. The molecule has 23 heavy (non-hydrogen) atoms. The number of ether oxygens (including phenoxy) is 2. The van der Waals surface area contributed by atoms with E-state index in [-0.39, 0.29) is 24.6 Å². The smallest absolute Gasteiger partial charge is 0.407 e. The summed E-state index contributed by atoms with van der Waals surface area (Å²) in [5, 5.41) is 2.69. The number of esters is 1. The average Bonchev–Trinajstić information content (AvgIpc) is 2.44. The number of carbonyl (C=O) groups excluding carboxylic acids is 2. The Kier molecular flexibility index (Phi) is 7.00. The van der Waals surface area contributed by atoms with Crippen LogP contribution in [0.15, 0.2) is 24.3 Å². The molecule has 0 spiro atoms. The molecule has 1 amide bonds. The highest BCUT2D eigenvalue weighted by molar-refractivity contribution is 5.70. The molecule has 128 valence electrons. The van der Waals surface area contributed by atoms with Crippen molar-refractivity contribution in [1.82, 2.24) is 5.32 Å². The quantitative estimate of drug-likeness (QED) is 0.816. The van der Waals surface area contributed by atoms with E-state index in [1.54, 1.807) is 39.0 Å². The third-order valence-electron chi connectivity index (χ3n) is 3.07. The molecular formula is C17H24FNO4. The minimum atomic E-state index is -0.630. The lowest BCUT2D eigenvalue weighted by Gasteiger charge is -2.23. The van der Waals surface area contributed by atoms with Crippen LogP contribution in [0.1, 0.15) is 39.2 Å². The van der Waals surface area contributed by atoms with Crippen molar-refractivity contribution in [1.29, 1.82) is 0 Å². The Morgan fingerprint density at radius 1 is 1.26 bits per heavy atom. The van der Waals surface area contributed by atoms with E-state index in [2.05, 4.69) is 10.1 Å². The molecule has 0 aliphatic carbocycles. The molecule has 5 nitrogen and oxygen atoms in total. The number of carbonyl (C=O) groups is 2. The number of hydrogen-bond donors (Lipinski definition) is 1. The Bertz CT molecular complexity index is 540. The van der Waals surface area contributed by atoms with Crippen LogP contribution in [-0.2, 0) is 20.7 Å². The van der Waals surface area contributed by atoms with Crippen molar-refractivity contribution in [2.45, 2.75) is 51.7 Å². The summed E-state index contributed by atoms with van der Waals surface area (Å²) in [6.45, 7) is 5.27. The molecule has 0 fully saturated rings. The zero-order valence-corrected chi connectivity index (χ0v) is 14.0. The largest absolute Gasteiger partial charge is 0.469 e. The molecule has 0 bridgehead atoms. The number of methoxy groups -OCH3 is 1. The van der Waals surface area contributed by atoms with Gasteiger partial charge in [-0.3, -0.25) is 4.79 Å². The van der Waals surface area contributed by atoms with Crippen LogP contribution in [0.4, 0.5) is 9.18 Å².